The first-order chi connectivity index (χ1) is 12.6. The molecular weight excluding hydrogens is 354 g/mol. The van der Waals surface area contributed by atoms with E-state index in [-0.39, 0.29) is 11.3 Å². The van der Waals surface area contributed by atoms with E-state index in [0.29, 0.717) is 5.56 Å². The summed E-state index contributed by atoms with van der Waals surface area (Å²) in [5, 5.41) is 2.47. The van der Waals surface area contributed by atoms with Crippen molar-refractivity contribution in [2.75, 3.05) is 6.54 Å². The summed E-state index contributed by atoms with van der Waals surface area (Å²) in [5.41, 5.74) is 0.570. The molecule has 27 heavy (non-hydrogen) atoms. The Morgan fingerprint density at radius 3 is 2.44 bits per heavy atom. The van der Waals surface area contributed by atoms with Crippen molar-refractivity contribution in [1.82, 2.24) is 10.2 Å². The van der Waals surface area contributed by atoms with Gasteiger partial charge in [-0.3, -0.25) is 14.5 Å². The number of carbonyl (C=O) groups excluding carboxylic acids is 3. The smallest absolute Gasteiger partial charge is 0.319 e. The number of imide groups is 1. The molecule has 1 heterocycles. The van der Waals surface area contributed by atoms with Gasteiger partial charge in [0, 0.05) is 5.56 Å². The second-order valence-electron chi connectivity index (χ2n) is 6.82. The van der Waals surface area contributed by atoms with E-state index in [4.69, 9.17) is 0 Å². The lowest BCUT2D eigenvalue weighted by Crippen LogP contribution is -2.41. The highest BCUT2D eigenvalue weighted by molar-refractivity contribution is 6.11. The summed E-state index contributed by atoms with van der Waals surface area (Å²) in [6.07, 6.45) is 0. The Labute approximate surface area is 155 Å². The highest BCUT2D eigenvalue weighted by Gasteiger charge is 2.49. The van der Waals surface area contributed by atoms with Crippen LogP contribution in [0.15, 0.2) is 36.4 Å². The van der Waals surface area contributed by atoms with E-state index in [9.17, 15) is 23.2 Å². The summed E-state index contributed by atoms with van der Waals surface area (Å²) in [6.45, 7) is 4.56. The van der Waals surface area contributed by atoms with Crippen molar-refractivity contribution < 1.29 is 23.2 Å². The van der Waals surface area contributed by atoms with Gasteiger partial charge in [-0.2, -0.15) is 0 Å². The van der Waals surface area contributed by atoms with Gasteiger partial charge in [-0.1, -0.05) is 23.8 Å². The molecule has 3 amide bonds. The van der Waals surface area contributed by atoms with E-state index in [1.807, 2.05) is 13.0 Å². The maximum absolute atomic E-state index is 13.6. The summed E-state index contributed by atoms with van der Waals surface area (Å²) in [4.78, 5) is 38.6. The van der Waals surface area contributed by atoms with Crippen LogP contribution in [0.5, 0.6) is 0 Å². The average molecular weight is 372 g/mol. The zero-order valence-electron chi connectivity index (χ0n) is 15.1. The van der Waals surface area contributed by atoms with Gasteiger partial charge in [-0.05, 0) is 50.1 Å². The standard InChI is InChI=1S/C20H18F2N2O3/c1-11-4-5-12(2)14(8-11)17(25)10-24-18(26)20(3,23-19(24)27)13-6-7-15(21)16(22)9-13/h4-9H,10H2,1-3H3,(H,23,27)/t20-/m1/s1. The number of amides is 3. The van der Waals surface area contributed by atoms with E-state index < -0.39 is 35.7 Å². The van der Waals surface area contributed by atoms with E-state index in [2.05, 4.69) is 5.32 Å². The number of ketones is 1. The quantitative estimate of drug-likeness (QED) is 0.662. The van der Waals surface area contributed by atoms with Crippen LogP contribution in [0.25, 0.3) is 0 Å². The molecule has 7 heteroatoms. The summed E-state index contributed by atoms with van der Waals surface area (Å²) in [6, 6.07) is 7.57. The van der Waals surface area contributed by atoms with Crippen LogP contribution < -0.4 is 5.32 Å². The molecule has 2 aromatic rings. The number of rotatable bonds is 4. The zero-order chi connectivity index (χ0) is 19.9. The van der Waals surface area contributed by atoms with Crippen LogP contribution in [0.3, 0.4) is 0 Å². The van der Waals surface area contributed by atoms with Crippen molar-refractivity contribution in [3.63, 3.8) is 0 Å². The van der Waals surface area contributed by atoms with E-state index >= 15 is 0 Å². The Bertz CT molecular complexity index is 974. The minimum Gasteiger partial charge on any atom is -0.319 e. The molecule has 0 aromatic heterocycles. The van der Waals surface area contributed by atoms with Crippen molar-refractivity contribution in [3.05, 3.63) is 70.3 Å². The van der Waals surface area contributed by atoms with E-state index in [1.54, 1.807) is 19.1 Å². The molecule has 0 spiro atoms. The number of urea groups is 1. The second-order valence-corrected chi connectivity index (χ2v) is 6.82. The van der Waals surface area contributed by atoms with Gasteiger partial charge in [-0.15, -0.1) is 0 Å². The average Bonchev–Trinajstić information content (AvgIpc) is 2.83. The molecule has 2 aromatic carbocycles. The molecule has 1 atom stereocenters. The number of nitrogens with zero attached hydrogens (tertiary/aromatic N) is 1. The Morgan fingerprint density at radius 2 is 1.78 bits per heavy atom. The van der Waals surface area contributed by atoms with Gasteiger partial charge in [-0.25, -0.2) is 13.6 Å². The monoisotopic (exact) mass is 372 g/mol. The second kappa shape index (κ2) is 6.57. The highest BCUT2D eigenvalue weighted by Crippen LogP contribution is 2.30. The Hall–Kier alpha value is -3.09. The summed E-state index contributed by atoms with van der Waals surface area (Å²) in [7, 11) is 0. The molecule has 0 aliphatic carbocycles. The summed E-state index contributed by atoms with van der Waals surface area (Å²) >= 11 is 0. The molecule has 140 valence electrons. The first kappa shape index (κ1) is 18.7. The third-order valence-electron chi connectivity index (χ3n) is 4.77. The van der Waals surface area contributed by atoms with Crippen molar-refractivity contribution in [3.8, 4) is 0 Å². The van der Waals surface area contributed by atoms with Gasteiger partial charge in [0.25, 0.3) is 5.91 Å². The van der Waals surface area contributed by atoms with Gasteiger partial charge in [0.05, 0.1) is 6.54 Å². The van der Waals surface area contributed by atoms with Crippen LogP contribution in [-0.4, -0.2) is 29.2 Å². The minimum absolute atomic E-state index is 0.0986. The predicted molar refractivity (Wildman–Crippen MR) is 94.2 cm³/mol. The number of nitrogens with one attached hydrogen (secondary N) is 1. The Kier molecular flexibility index (Phi) is 4.55. The van der Waals surface area contributed by atoms with Crippen LogP contribution in [0.2, 0.25) is 0 Å². The van der Waals surface area contributed by atoms with Crippen LogP contribution in [0.1, 0.15) is 34.0 Å². The molecule has 1 aliphatic heterocycles. The molecule has 0 saturated carbocycles. The number of hydrogen-bond donors (Lipinski definition) is 1. The van der Waals surface area contributed by atoms with Gasteiger partial charge < -0.3 is 5.32 Å². The fourth-order valence-electron chi connectivity index (χ4n) is 3.11. The van der Waals surface area contributed by atoms with Crippen LogP contribution in [0.4, 0.5) is 13.6 Å². The number of halogens is 2. The first-order valence-electron chi connectivity index (χ1n) is 8.33. The number of hydrogen-bond acceptors (Lipinski definition) is 3. The maximum Gasteiger partial charge on any atom is 0.325 e. The number of aryl methyl sites for hydroxylation is 2. The molecule has 1 fully saturated rings. The third-order valence-corrected chi connectivity index (χ3v) is 4.77. The van der Waals surface area contributed by atoms with E-state index in [1.165, 1.54) is 13.0 Å². The molecule has 5 nitrogen and oxygen atoms in total. The normalized spacial score (nSPS) is 19.4. The lowest BCUT2D eigenvalue weighted by atomic mass is 9.91. The topological polar surface area (TPSA) is 66.5 Å². The predicted octanol–water partition coefficient (Wildman–Crippen LogP) is 3.23. The van der Waals surface area contributed by atoms with Crippen LogP contribution >= 0.6 is 0 Å². The fraction of sp³-hybridized carbons (Fsp3) is 0.250. The SMILES string of the molecule is Cc1ccc(C)c(C(=O)CN2C(=O)N[C@](C)(c3ccc(F)c(F)c3)C2=O)c1. The fourth-order valence-corrected chi connectivity index (χ4v) is 3.11. The largest absolute Gasteiger partial charge is 0.325 e. The maximum atomic E-state index is 13.6. The lowest BCUT2D eigenvalue weighted by Gasteiger charge is -2.22. The molecule has 3 rings (SSSR count). The number of benzene rings is 2. The van der Waals surface area contributed by atoms with Gasteiger partial charge in [0.15, 0.2) is 17.4 Å². The van der Waals surface area contributed by atoms with Crippen molar-refractivity contribution in [1.29, 1.82) is 0 Å². The van der Waals surface area contributed by atoms with Crippen molar-refractivity contribution in [2.24, 2.45) is 0 Å². The molecule has 0 unspecified atom stereocenters. The number of Topliss-reactive ketones (excluding diaryl/α,β-unsaturated/α-hetero) is 1. The van der Waals surface area contributed by atoms with Crippen LogP contribution in [0, 0.1) is 25.5 Å². The Morgan fingerprint density at radius 1 is 1.07 bits per heavy atom. The van der Waals surface area contributed by atoms with Gasteiger partial charge in [0.1, 0.15) is 5.54 Å². The van der Waals surface area contributed by atoms with Crippen molar-refractivity contribution >= 4 is 17.7 Å². The van der Waals surface area contributed by atoms with Gasteiger partial charge in [0.2, 0.25) is 0 Å². The molecule has 1 saturated heterocycles. The van der Waals surface area contributed by atoms with Crippen LogP contribution in [-0.2, 0) is 10.3 Å². The highest BCUT2D eigenvalue weighted by atomic mass is 19.2. The molecule has 1 aliphatic rings. The Balaban J connectivity index is 1.88. The first-order valence-corrected chi connectivity index (χ1v) is 8.33. The van der Waals surface area contributed by atoms with Crippen molar-refractivity contribution in [2.45, 2.75) is 26.3 Å². The molecule has 0 radical (unpaired) electrons. The third kappa shape index (κ3) is 3.20. The number of carbonyl (C=O) groups is 3. The lowest BCUT2D eigenvalue weighted by molar-refractivity contribution is -0.130. The van der Waals surface area contributed by atoms with Gasteiger partial charge >= 0.3 is 6.03 Å². The molecule has 1 N–H and O–H groups in total. The summed E-state index contributed by atoms with van der Waals surface area (Å²) < 4.78 is 26.8. The zero-order valence-corrected chi connectivity index (χ0v) is 15.1. The summed E-state index contributed by atoms with van der Waals surface area (Å²) in [5.74, 6) is -3.26. The minimum atomic E-state index is -1.58. The molecule has 0 bridgehead atoms. The van der Waals surface area contributed by atoms with E-state index in [0.717, 1.165) is 28.2 Å². The molecular formula is C20H18F2N2O3.